The topological polar surface area (TPSA) is 81.4 Å². The molecule has 1 aliphatic rings. The second-order valence-corrected chi connectivity index (χ2v) is 5.86. The summed E-state index contributed by atoms with van der Waals surface area (Å²) >= 11 is 1.49. The minimum atomic E-state index is 0.430. The smallest absolute Gasteiger partial charge is 0.223 e. The minimum Gasteiger partial charge on any atom is -0.357 e. The third-order valence-electron chi connectivity index (χ3n) is 3.38. The van der Waals surface area contributed by atoms with Crippen molar-refractivity contribution in [3.63, 3.8) is 0 Å². The zero-order valence-corrected chi connectivity index (χ0v) is 12.4. The molecule has 3 rings (SSSR count). The molecule has 2 aromatic rings. The summed E-state index contributed by atoms with van der Waals surface area (Å²) < 4.78 is 1.94. The third-order valence-corrected chi connectivity index (χ3v) is 4.25. The van der Waals surface area contributed by atoms with Crippen molar-refractivity contribution < 1.29 is 0 Å². The van der Waals surface area contributed by atoms with Gasteiger partial charge in [-0.25, -0.2) is 14.6 Å². The molecular formula is C12H17N7S. The number of aromatic nitrogens is 6. The molecule has 0 saturated heterocycles. The lowest BCUT2D eigenvalue weighted by molar-refractivity contribution is 0.423. The lowest BCUT2D eigenvalue weighted by atomic mass is 10.3. The molecule has 0 aliphatic heterocycles. The Labute approximate surface area is 121 Å². The maximum Gasteiger partial charge on any atom is 0.223 e. The highest BCUT2D eigenvalue weighted by molar-refractivity contribution is 7.99. The van der Waals surface area contributed by atoms with E-state index in [-0.39, 0.29) is 0 Å². The average Bonchev–Trinajstić information content (AvgIpc) is 3.08. The van der Waals surface area contributed by atoms with Gasteiger partial charge in [0.2, 0.25) is 11.1 Å². The van der Waals surface area contributed by atoms with E-state index in [0.29, 0.717) is 12.0 Å². The second kappa shape index (κ2) is 5.74. The van der Waals surface area contributed by atoms with Crippen LogP contribution in [0.3, 0.4) is 0 Å². The summed E-state index contributed by atoms with van der Waals surface area (Å²) in [5, 5.41) is 16.7. The van der Waals surface area contributed by atoms with Crippen molar-refractivity contribution in [2.24, 2.45) is 0 Å². The van der Waals surface area contributed by atoms with Crippen molar-refractivity contribution in [3.8, 4) is 0 Å². The van der Waals surface area contributed by atoms with Crippen molar-refractivity contribution in [2.75, 3.05) is 12.4 Å². The number of rotatable bonds is 4. The first kappa shape index (κ1) is 13.3. The third kappa shape index (κ3) is 2.74. The zero-order valence-electron chi connectivity index (χ0n) is 11.6. The highest BCUT2D eigenvalue weighted by atomic mass is 32.2. The number of nitrogens with zero attached hydrogens (tertiary/aromatic N) is 6. The summed E-state index contributed by atoms with van der Waals surface area (Å²) in [6, 6.07) is 2.37. The predicted octanol–water partition coefficient (Wildman–Crippen LogP) is 2.08. The van der Waals surface area contributed by atoms with Crippen LogP contribution in [-0.2, 0) is 0 Å². The fourth-order valence-corrected chi connectivity index (χ4v) is 3.33. The van der Waals surface area contributed by atoms with Gasteiger partial charge < -0.3 is 5.32 Å². The summed E-state index contributed by atoms with van der Waals surface area (Å²) in [5.41, 5.74) is 0.923. The summed E-state index contributed by atoms with van der Waals surface area (Å²) in [5.74, 6) is 0.618. The Morgan fingerprint density at radius 3 is 2.85 bits per heavy atom. The molecule has 0 unspecified atom stereocenters. The van der Waals surface area contributed by atoms with Crippen LogP contribution in [0.5, 0.6) is 0 Å². The van der Waals surface area contributed by atoms with Gasteiger partial charge in [0.1, 0.15) is 5.03 Å². The number of aryl methyl sites for hydroxylation is 1. The van der Waals surface area contributed by atoms with E-state index in [4.69, 9.17) is 0 Å². The van der Waals surface area contributed by atoms with Gasteiger partial charge in [-0.1, -0.05) is 12.8 Å². The number of anilines is 1. The SMILES string of the molecule is CNc1nc(C)cc(Sc2nnnn2C2CCCC2)n1. The van der Waals surface area contributed by atoms with Crippen molar-refractivity contribution in [1.82, 2.24) is 30.2 Å². The Morgan fingerprint density at radius 2 is 2.10 bits per heavy atom. The molecule has 8 heteroatoms. The van der Waals surface area contributed by atoms with Gasteiger partial charge >= 0.3 is 0 Å². The van der Waals surface area contributed by atoms with Crippen LogP contribution in [0.15, 0.2) is 16.2 Å². The van der Waals surface area contributed by atoms with E-state index in [9.17, 15) is 0 Å². The Morgan fingerprint density at radius 1 is 1.30 bits per heavy atom. The minimum absolute atomic E-state index is 0.430. The number of hydrogen-bond donors (Lipinski definition) is 1. The lowest BCUT2D eigenvalue weighted by Gasteiger charge is -2.10. The fourth-order valence-electron chi connectivity index (χ4n) is 2.43. The Bertz CT molecular complexity index is 591. The van der Waals surface area contributed by atoms with Crippen LogP contribution in [0.1, 0.15) is 37.4 Å². The first-order valence-corrected chi connectivity index (χ1v) is 7.57. The first-order chi connectivity index (χ1) is 9.76. The van der Waals surface area contributed by atoms with Crippen LogP contribution in [0.2, 0.25) is 0 Å². The van der Waals surface area contributed by atoms with Gasteiger partial charge in [0.25, 0.3) is 0 Å². The van der Waals surface area contributed by atoms with Crippen LogP contribution in [-0.4, -0.2) is 37.2 Å². The Balaban J connectivity index is 1.84. The van der Waals surface area contributed by atoms with E-state index < -0.39 is 0 Å². The van der Waals surface area contributed by atoms with E-state index >= 15 is 0 Å². The van der Waals surface area contributed by atoms with Crippen LogP contribution in [0.25, 0.3) is 0 Å². The molecule has 1 saturated carbocycles. The highest BCUT2D eigenvalue weighted by Crippen LogP contribution is 2.33. The van der Waals surface area contributed by atoms with Gasteiger partial charge in [0, 0.05) is 12.7 Å². The van der Waals surface area contributed by atoms with Crippen LogP contribution in [0, 0.1) is 6.92 Å². The van der Waals surface area contributed by atoms with Gasteiger partial charge in [0.15, 0.2) is 0 Å². The molecule has 20 heavy (non-hydrogen) atoms. The van der Waals surface area contributed by atoms with Crippen molar-refractivity contribution >= 4 is 17.7 Å². The second-order valence-electron chi connectivity index (χ2n) is 4.87. The van der Waals surface area contributed by atoms with E-state index in [1.54, 1.807) is 0 Å². The maximum absolute atomic E-state index is 4.43. The van der Waals surface area contributed by atoms with E-state index in [1.807, 2.05) is 24.7 Å². The molecule has 0 bridgehead atoms. The van der Waals surface area contributed by atoms with E-state index in [0.717, 1.165) is 28.7 Å². The summed E-state index contributed by atoms with van der Waals surface area (Å²) in [6.45, 7) is 1.95. The average molecular weight is 291 g/mol. The highest BCUT2D eigenvalue weighted by Gasteiger charge is 2.22. The monoisotopic (exact) mass is 291 g/mol. The normalized spacial score (nSPS) is 15.7. The molecule has 7 nitrogen and oxygen atoms in total. The summed E-state index contributed by atoms with van der Waals surface area (Å²) in [7, 11) is 1.81. The van der Waals surface area contributed by atoms with E-state index in [2.05, 4.69) is 30.8 Å². The molecular weight excluding hydrogens is 274 g/mol. The van der Waals surface area contributed by atoms with Gasteiger partial charge in [-0.05, 0) is 48.0 Å². The first-order valence-electron chi connectivity index (χ1n) is 6.75. The van der Waals surface area contributed by atoms with Gasteiger partial charge in [-0.15, -0.1) is 5.10 Å². The number of hydrogen-bond acceptors (Lipinski definition) is 7. The van der Waals surface area contributed by atoms with Crippen LogP contribution in [0.4, 0.5) is 5.95 Å². The summed E-state index contributed by atoms with van der Waals surface area (Å²) in [6.07, 6.45) is 4.82. The lowest BCUT2D eigenvalue weighted by Crippen LogP contribution is -2.08. The molecule has 1 fully saturated rings. The van der Waals surface area contributed by atoms with Gasteiger partial charge in [-0.3, -0.25) is 0 Å². The van der Waals surface area contributed by atoms with Crippen molar-refractivity contribution in [2.45, 2.75) is 48.8 Å². The largest absolute Gasteiger partial charge is 0.357 e. The van der Waals surface area contributed by atoms with Crippen LogP contribution < -0.4 is 5.32 Å². The molecule has 0 amide bonds. The molecule has 1 N–H and O–H groups in total. The molecule has 106 valence electrons. The molecule has 0 spiro atoms. The number of nitrogens with one attached hydrogen (secondary N) is 1. The van der Waals surface area contributed by atoms with Gasteiger partial charge in [-0.2, -0.15) is 0 Å². The predicted molar refractivity (Wildman–Crippen MR) is 75.8 cm³/mol. The molecule has 0 aromatic carbocycles. The molecule has 0 atom stereocenters. The molecule has 2 heterocycles. The molecule has 2 aromatic heterocycles. The quantitative estimate of drug-likeness (QED) is 0.864. The molecule has 1 aliphatic carbocycles. The van der Waals surface area contributed by atoms with Crippen molar-refractivity contribution in [1.29, 1.82) is 0 Å². The Kier molecular flexibility index (Phi) is 3.81. The number of tetrazole rings is 1. The van der Waals surface area contributed by atoms with E-state index in [1.165, 1.54) is 24.6 Å². The van der Waals surface area contributed by atoms with Gasteiger partial charge in [0.05, 0.1) is 6.04 Å². The summed E-state index contributed by atoms with van der Waals surface area (Å²) in [4.78, 5) is 8.71. The van der Waals surface area contributed by atoms with Crippen LogP contribution >= 0.6 is 11.8 Å². The maximum atomic E-state index is 4.43. The molecule has 0 radical (unpaired) electrons. The fraction of sp³-hybridized carbons (Fsp3) is 0.583. The zero-order chi connectivity index (χ0) is 13.9. The Hall–Kier alpha value is -1.70. The standard InChI is InChI=1S/C12H17N7S/c1-8-7-10(15-11(13-2)14-8)20-12-16-17-18-19(12)9-5-3-4-6-9/h7,9H,3-6H2,1-2H3,(H,13,14,15). The van der Waals surface area contributed by atoms with Crippen molar-refractivity contribution in [3.05, 3.63) is 11.8 Å².